The molecule has 0 spiro atoms. The fourth-order valence-corrected chi connectivity index (χ4v) is 2.05. The van der Waals surface area contributed by atoms with E-state index < -0.39 is 0 Å². The van der Waals surface area contributed by atoms with Gasteiger partial charge in [-0.05, 0) is 23.1 Å². The summed E-state index contributed by atoms with van der Waals surface area (Å²) in [7, 11) is 2.00. The minimum atomic E-state index is -0.336. The van der Waals surface area contributed by atoms with Crippen molar-refractivity contribution in [3.63, 3.8) is 0 Å². The summed E-state index contributed by atoms with van der Waals surface area (Å²) in [6.07, 6.45) is 1.52. The van der Waals surface area contributed by atoms with Gasteiger partial charge >= 0.3 is 6.09 Å². The fourth-order valence-electron chi connectivity index (χ4n) is 2.05. The van der Waals surface area contributed by atoms with E-state index in [2.05, 4.69) is 28.1 Å². The van der Waals surface area contributed by atoms with Gasteiger partial charge in [-0.15, -0.1) is 0 Å². The highest BCUT2D eigenvalue weighted by atomic mass is 16.6. The van der Waals surface area contributed by atoms with Gasteiger partial charge in [0.15, 0.2) is 0 Å². The third-order valence-electron chi connectivity index (χ3n) is 2.97. The van der Waals surface area contributed by atoms with Crippen LogP contribution in [0.5, 0.6) is 0 Å². The van der Waals surface area contributed by atoms with Crippen LogP contribution in [-0.2, 0) is 11.8 Å². The second-order valence-corrected chi connectivity index (χ2v) is 4.02. The third kappa shape index (κ3) is 1.34. The Bertz CT molecular complexity index is 559. The Morgan fingerprint density at radius 1 is 1.44 bits per heavy atom. The van der Waals surface area contributed by atoms with Gasteiger partial charge in [0.1, 0.15) is 6.10 Å². The number of alkyl carbamates (subject to hydrolysis) is 1. The number of benzene rings is 1. The van der Waals surface area contributed by atoms with Crippen LogP contribution in [0.4, 0.5) is 4.79 Å². The number of ether oxygens (including phenoxy) is 1. The first-order valence-electron chi connectivity index (χ1n) is 5.23. The van der Waals surface area contributed by atoms with Crippen molar-refractivity contribution >= 4 is 17.0 Å². The van der Waals surface area contributed by atoms with Gasteiger partial charge in [0.25, 0.3) is 0 Å². The van der Waals surface area contributed by atoms with E-state index in [1.165, 1.54) is 5.39 Å². The Kier molecular flexibility index (Phi) is 1.89. The maximum Gasteiger partial charge on any atom is 0.407 e. The summed E-state index contributed by atoms with van der Waals surface area (Å²) in [5, 5.41) is 3.85. The quantitative estimate of drug-likeness (QED) is 0.791. The van der Waals surface area contributed by atoms with Gasteiger partial charge in [-0.1, -0.05) is 12.1 Å². The summed E-state index contributed by atoms with van der Waals surface area (Å²) in [5.74, 6) is 0. The Hall–Kier alpha value is -1.97. The van der Waals surface area contributed by atoms with Crippen molar-refractivity contribution in [1.82, 2.24) is 9.88 Å². The molecular formula is C12H12N2O2. The Morgan fingerprint density at radius 2 is 2.31 bits per heavy atom. The van der Waals surface area contributed by atoms with E-state index in [9.17, 15) is 4.79 Å². The zero-order chi connectivity index (χ0) is 11.1. The summed E-state index contributed by atoms with van der Waals surface area (Å²) in [6, 6.07) is 8.20. The van der Waals surface area contributed by atoms with E-state index in [1.807, 2.05) is 19.3 Å². The highest BCUT2D eigenvalue weighted by Gasteiger charge is 2.24. The smallest absolute Gasteiger partial charge is 0.407 e. The van der Waals surface area contributed by atoms with E-state index in [0.29, 0.717) is 6.54 Å². The molecule has 1 aliphatic heterocycles. The van der Waals surface area contributed by atoms with Crippen LogP contribution in [0.25, 0.3) is 10.9 Å². The number of carbonyl (C=O) groups excluding carboxylic acids is 1. The number of aromatic nitrogens is 1. The summed E-state index contributed by atoms with van der Waals surface area (Å²) < 4.78 is 7.21. The van der Waals surface area contributed by atoms with Gasteiger partial charge < -0.3 is 14.6 Å². The summed E-state index contributed by atoms with van der Waals surface area (Å²) >= 11 is 0. The predicted octanol–water partition coefficient (Wildman–Crippen LogP) is 1.96. The average Bonchev–Trinajstić information content (AvgIpc) is 2.86. The Morgan fingerprint density at radius 3 is 3.06 bits per heavy atom. The topological polar surface area (TPSA) is 43.3 Å². The van der Waals surface area contributed by atoms with Gasteiger partial charge in [-0.25, -0.2) is 4.79 Å². The van der Waals surface area contributed by atoms with E-state index in [4.69, 9.17) is 4.74 Å². The molecule has 1 unspecified atom stereocenters. The van der Waals surface area contributed by atoms with Crippen LogP contribution in [0.3, 0.4) is 0 Å². The first-order valence-corrected chi connectivity index (χ1v) is 5.23. The van der Waals surface area contributed by atoms with Crippen molar-refractivity contribution in [2.45, 2.75) is 6.10 Å². The lowest BCUT2D eigenvalue weighted by atomic mass is 10.1. The predicted molar refractivity (Wildman–Crippen MR) is 60.1 cm³/mol. The number of fused-ring (bicyclic) bond motifs is 1. The lowest BCUT2D eigenvalue weighted by Gasteiger charge is -2.08. The second kappa shape index (κ2) is 3.27. The third-order valence-corrected chi connectivity index (χ3v) is 2.97. The van der Waals surface area contributed by atoms with E-state index in [-0.39, 0.29) is 12.2 Å². The average molecular weight is 216 g/mol. The second-order valence-electron chi connectivity index (χ2n) is 4.02. The molecule has 0 radical (unpaired) electrons. The number of aryl methyl sites for hydroxylation is 1. The van der Waals surface area contributed by atoms with Crippen LogP contribution in [-0.4, -0.2) is 17.2 Å². The normalized spacial score (nSPS) is 19.8. The molecule has 2 heterocycles. The van der Waals surface area contributed by atoms with Gasteiger partial charge in [0, 0.05) is 18.8 Å². The maximum atomic E-state index is 11.0. The molecule has 0 bridgehead atoms. The largest absolute Gasteiger partial charge is 0.439 e. The number of carbonyl (C=O) groups is 1. The molecule has 4 heteroatoms. The number of nitrogens with one attached hydrogen (secondary N) is 1. The highest BCUT2D eigenvalue weighted by molar-refractivity contribution is 5.81. The molecule has 4 nitrogen and oxygen atoms in total. The monoisotopic (exact) mass is 216 g/mol. The van der Waals surface area contributed by atoms with Crippen LogP contribution in [0.1, 0.15) is 11.7 Å². The first-order chi connectivity index (χ1) is 7.74. The molecule has 0 saturated carbocycles. The van der Waals surface area contributed by atoms with Crippen molar-refractivity contribution in [1.29, 1.82) is 0 Å². The van der Waals surface area contributed by atoms with E-state index >= 15 is 0 Å². The van der Waals surface area contributed by atoms with E-state index in [0.717, 1.165) is 11.1 Å². The molecule has 0 aliphatic carbocycles. The SMILES string of the molecule is Cn1ccc2ccc(C3CNC(=O)O3)cc21. The van der Waals surface area contributed by atoms with Crippen molar-refractivity contribution in [3.8, 4) is 0 Å². The van der Waals surface area contributed by atoms with Crippen LogP contribution in [0.2, 0.25) is 0 Å². The zero-order valence-electron chi connectivity index (χ0n) is 8.93. The van der Waals surface area contributed by atoms with E-state index in [1.54, 1.807) is 0 Å². The summed E-state index contributed by atoms with van der Waals surface area (Å²) in [6.45, 7) is 0.550. The molecule has 1 aromatic carbocycles. The Balaban J connectivity index is 2.04. The summed E-state index contributed by atoms with van der Waals surface area (Å²) in [4.78, 5) is 11.0. The van der Waals surface area contributed by atoms with Crippen LogP contribution >= 0.6 is 0 Å². The highest BCUT2D eigenvalue weighted by Crippen LogP contribution is 2.25. The zero-order valence-corrected chi connectivity index (χ0v) is 8.93. The maximum absolute atomic E-state index is 11.0. The minimum Gasteiger partial charge on any atom is -0.439 e. The van der Waals surface area contributed by atoms with Crippen molar-refractivity contribution in [2.24, 2.45) is 7.05 Å². The number of hydrogen-bond acceptors (Lipinski definition) is 2. The number of rotatable bonds is 1. The molecule has 1 saturated heterocycles. The lowest BCUT2D eigenvalue weighted by molar-refractivity contribution is 0.141. The molecule has 82 valence electrons. The van der Waals surface area contributed by atoms with Crippen molar-refractivity contribution < 1.29 is 9.53 Å². The molecule has 1 aromatic heterocycles. The lowest BCUT2D eigenvalue weighted by Crippen LogP contribution is -2.12. The minimum absolute atomic E-state index is 0.160. The number of nitrogens with zero attached hydrogens (tertiary/aromatic N) is 1. The molecule has 1 fully saturated rings. The van der Waals surface area contributed by atoms with Gasteiger partial charge in [0.05, 0.1) is 6.54 Å². The molecule has 3 rings (SSSR count). The van der Waals surface area contributed by atoms with Crippen LogP contribution in [0, 0.1) is 0 Å². The molecule has 16 heavy (non-hydrogen) atoms. The summed E-state index contributed by atoms with van der Waals surface area (Å²) in [5.41, 5.74) is 2.19. The van der Waals surface area contributed by atoms with Crippen molar-refractivity contribution in [2.75, 3.05) is 6.54 Å². The fraction of sp³-hybridized carbons (Fsp3) is 0.250. The van der Waals surface area contributed by atoms with Crippen molar-refractivity contribution in [3.05, 3.63) is 36.0 Å². The number of hydrogen-bond donors (Lipinski definition) is 1. The molecule has 1 aliphatic rings. The molecule has 1 amide bonds. The molecule has 1 atom stereocenters. The van der Waals surface area contributed by atoms with Crippen LogP contribution < -0.4 is 5.32 Å². The molecule has 1 N–H and O–H groups in total. The molecule has 2 aromatic rings. The first kappa shape index (κ1) is 9.27. The van der Waals surface area contributed by atoms with Crippen LogP contribution in [0.15, 0.2) is 30.5 Å². The number of amides is 1. The van der Waals surface area contributed by atoms with Gasteiger partial charge in [0.2, 0.25) is 0 Å². The van der Waals surface area contributed by atoms with Gasteiger partial charge in [-0.3, -0.25) is 0 Å². The Labute approximate surface area is 92.8 Å². The number of cyclic esters (lactones) is 1. The van der Waals surface area contributed by atoms with Gasteiger partial charge in [-0.2, -0.15) is 0 Å². The standard InChI is InChI=1S/C12H12N2O2/c1-14-5-4-8-2-3-9(6-10(8)14)11-7-13-12(15)16-11/h2-6,11H,7H2,1H3,(H,13,15). The molecular weight excluding hydrogens is 204 g/mol.